The first-order valence-corrected chi connectivity index (χ1v) is 8.05. The minimum Gasteiger partial charge on any atom is -0.365 e. The lowest BCUT2D eigenvalue weighted by atomic mass is 10.0. The number of benzene rings is 1. The Morgan fingerprint density at radius 3 is 2.50 bits per heavy atom. The molecule has 1 fully saturated rings. The van der Waals surface area contributed by atoms with Gasteiger partial charge in [0, 0.05) is 31.0 Å². The summed E-state index contributed by atoms with van der Waals surface area (Å²) >= 11 is 0. The Balaban J connectivity index is 1.56. The van der Waals surface area contributed by atoms with Gasteiger partial charge in [-0.3, -0.25) is 9.59 Å². The van der Waals surface area contributed by atoms with Crippen LogP contribution in [0.25, 0.3) is 0 Å². The normalized spacial score (nSPS) is 15.3. The highest BCUT2D eigenvalue weighted by Crippen LogP contribution is 2.16. The second kappa shape index (κ2) is 6.86. The van der Waals surface area contributed by atoms with E-state index in [-0.39, 0.29) is 23.4 Å². The number of hydrogen-bond donors (Lipinski definition) is 2. The molecule has 0 atom stereocenters. The van der Waals surface area contributed by atoms with E-state index in [1.54, 1.807) is 29.3 Å². The first-order valence-electron chi connectivity index (χ1n) is 8.05. The van der Waals surface area contributed by atoms with E-state index in [4.69, 9.17) is 0 Å². The number of hydrogen-bond acceptors (Lipinski definition) is 2. The van der Waals surface area contributed by atoms with Gasteiger partial charge in [-0.15, -0.1) is 0 Å². The maximum Gasteiger partial charge on any atom is 0.256 e. The molecule has 1 aliphatic heterocycles. The molecule has 0 bridgehead atoms. The molecule has 6 heteroatoms. The van der Waals surface area contributed by atoms with E-state index in [9.17, 15) is 14.0 Å². The van der Waals surface area contributed by atoms with Crippen LogP contribution in [-0.2, 0) is 0 Å². The first kappa shape index (κ1) is 16.2. The minimum atomic E-state index is -0.499. The number of aromatic amines is 1. The average molecular weight is 329 g/mol. The third kappa shape index (κ3) is 3.32. The van der Waals surface area contributed by atoms with E-state index < -0.39 is 5.82 Å². The van der Waals surface area contributed by atoms with Crippen LogP contribution in [0, 0.1) is 12.7 Å². The monoisotopic (exact) mass is 329 g/mol. The molecule has 2 amide bonds. The van der Waals surface area contributed by atoms with Gasteiger partial charge in [0.25, 0.3) is 11.8 Å². The van der Waals surface area contributed by atoms with E-state index in [0.717, 1.165) is 5.69 Å². The fourth-order valence-corrected chi connectivity index (χ4v) is 2.99. The Labute approximate surface area is 139 Å². The molecule has 0 unspecified atom stereocenters. The lowest BCUT2D eigenvalue weighted by molar-refractivity contribution is 0.0693. The summed E-state index contributed by atoms with van der Waals surface area (Å²) in [6, 6.07) is 7.79. The van der Waals surface area contributed by atoms with Gasteiger partial charge in [-0.1, -0.05) is 12.1 Å². The van der Waals surface area contributed by atoms with Crippen LogP contribution in [0.4, 0.5) is 4.39 Å². The summed E-state index contributed by atoms with van der Waals surface area (Å²) in [5.41, 5.74) is 1.57. The van der Waals surface area contributed by atoms with E-state index in [2.05, 4.69) is 10.3 Å². The number of aromatic nitrogens is 1. The number of nitrogens with one attached hydrogen (secondary N) is 2. The number of likely N-dealkylation sites (tertiary alicyclic amines) is 1. The summed E-state index contributed by atoms with van der Waals surface area (Å²) in [6.45, 7) is 2.86. The summed E-state index contributed by atoms with van der Waals surface area (Å²) in [6.07, 6.45) is 3.06. The summed E-state index contributed by atoms with van der Waals surface area (Å²) in [5, 5.41) is 3.00. The molecule has 0 radical (unpaired) electrons. The predicted molar refractivity (Wildman–Crippen MR) is 88.3 cm³/mol. The van der Waals surface area contributed by atoms with Crippen molar-refractivity contribution >= 4 is 11.8 Å². The number of nitrogens with zero attached hydrogens (tertiary/aromatic N) is 1. The van der Waals surface area contributed by atoms with E-state index in [1.165, 1.54) is 12.1 Å². The van der Waals surface area contributed by atoms with E-state index >= 15 is 0 Å². The molecule has 24 heavy (non-hydrogen) atoms. The molecule has 0 aliphatic carbocycles. The Hall–Kier alpha value is -2.63. The molecule has 1 saturated heterocycles. The molecule has 1 aliphatic rings. The Bertz CT molecular complexity index is 748. The van der Waals surface area contributed by atoms with Gasteiger partial charge < -0.3 is 15.2 Å². The number of amides is 2. The highest BCUT2D eigenvalue weighted by atomic mass is 19.1. The second-order valence-electron chi connectivity index (χ2n) is 6.04. The standard InChI is InChI=1S/C18H20FN3O2/c1-12-14(6-9-20-12)17(23)21-13-7-10-22(11-8-13)18(24)15-4-2-3-5-16(15)19/h2-6,9,13,20H,7-8,10-11H2,1H3,(H,21,23). The number of aryl methyl sites for hydroxylation is 1. The average Bonchev–Trinajstić information content (AvgIpc) is 3.01. The lowest BCUT2D eigenvalue weighted by Crippen LogP contribution is -2.46. The van der Waals surface area contributed by atoms with Crippen molar-refractivity contribution in [2.24, 2.45) is 0 Å². The highest BCUT2D eigenvalue weighted by Gasteiger charge is 2.26. The Kier molecular flexibility index (Phi) is 4.64. The van der Waals surface area contributed by atoms with Crippen LogP contribution in [0.2, 0.25) is 0 Å². The molecular weight excluding hydrogens is 309 g/mol. The first-order chi connectivity index (χ1) is 11.6. The van der Waals surface area contributed by atoms with Gasteiger partial charge in [-0.05, 0) is 38.0 Å². The van der Waals surface area contributed by atoms with Crippen LogP contribution in [0.1, 0.15) is 39.3 Å². The summed E-state index contributed by atoms with van der Waals surface area (Å²) in [4.78, 5) is 29.2. The maximum absolute atomic E-state index is 13.7. The van der Waals surface area contributed by atoms with Crippen LogP contribution >= 0.6 is 0 Å². The third-order valence-electron chi connectivity index (χ3n) is 4.42. The quantitative estimate of drug-likeness (QED) is 0.909. The van der Waals surface area contributed by atoms with Gasteiger partial charge in [0.15, 0.2) is 0 Å². The van der Waals surface area contributed by atoms with Gasteiger partial charge in [0.1, 0.15) is 5.82 Å². The SMILES string of the molecule is Cc1[nH]ccc1C(=O)NC1CCN(C(=O)c2ccccc2F)CC1. The van der Waals surface area contributed by atoms with Crippen molar-refractivity contribution in [1.29, 1.82) is 0 Å². The van der Waals surface area contributed by atoms with Gasteiger partial charge in [0.05, 0.1) is 11.1 Å². The largest absolute Gasteiger partial charge is 0.365 e. The molecular formula is C18H20FN3O2. The molecule has 0 saturated carbocycles. The number of H-pyrrole nitrogens is 1. The van der Waals surface area contributed by atoms with Gasteiger partial charge in [-0.2, -0.15) is 0 Å². The molecule has 0 spiro atoms. The number of rotatable bonds is 3. The lowest BCUT2D eigenvalue weighted by Gasteiger charge is -2.32. The molecule has 2 aromatic rings. The Morgan fingerprint density at radius 2 is 1.88 bits per heavy atom. The van der Waals surface area contributed by atoms with Crippen molar-refractivity contribution < 1.29 is 14.0 Å². The molecule has 5 nitrogen and oxygen atoms in total. The molecule has 2 N–H and O–H groups in total. The zero-order chi connectivity index (χ0) is 17.1. The van der Waals surface area contributed by atoms with Crippen LogP contribution in [-0.4, -0.2) is 40.8 Å². The van der Waals surface area contributed by atoms with Crippen molar-refractivity contribution in [2.45, 2.75) is 25.8 Å². The number of piperidine rings is 1. The topological polar surface area (TPSA) is 65.2 Å². The van der Waals surface area contributed by atoms with E-state index in [0.29, 0.717) is 31.5 Å². The maximum atomic E-state index is 13.7. The van der Waals surface area contributed by atoms with Crippen LogP contribution in [0.15, 0.2) is 36.5 Å². The number of halogens is 1. The fourth-order valence-electron chi connectivity index (χ4n) is 2.99. The predicted octanol–water partition coefficient (Wildman–Crippen LogP) is 2.50. The van der Waals surface area contributed by atoms with E-state index in [1.807, 2.05) is 6.92 Å². The van der Waals surface area contributed by atoms with Crippen molar-refractivity contribution in [1.82, 2.24) is 15.2 Å². The van der Waals surface area contributed by atoms with Gasteiger partial charge in [-0.25, -0.2) is 4.39 Å². The summed E-state index contributed by atoms with van der Waals surface area (Å²) < 4.78 is 13.7. The molecule has 1 aromatic heterocycles. The van der Waals surface area contributed by atoms with Crippen LogP contribution < -0.4 is 5.32 Å². The second-order valence-corrected chi connectivity index (χ2v) is 6.04. The summed E-state index contributed by atoms with van der Waals surface area (Å²) in [5.74, 6) is -0.896. The highest BCUT2D eigenvalue weighted by molar-refractivity contribution is 5.96. The Morgan fingerprint density at radius 1 is 1.17 bits per heavy atom. The number of carbonyl (C=O) groups is 2. The summed E-state index contributed by atoms with van der Waals surface area (Å²) in [7, 11) is 0. The molecule has 1 aromatic carbocycles. The molecule has 3 rings (SSSR count). The van der Waals surface area contributed by atoms with Crippen LogP contribution in [0.5, 0.6) is 0 Å². The number of carbonyl (C=O) groups excluding carboxylic acids is 2. The van der Waals surface area contributed by atoms with Gasteiger partial charge >= 0.3 is 0 Å². The van der Waals surface area contributed by atoms with Crippen molar-refractivity contribution in [3.63, 3.8) is 0 Å². The van der Waals surface area contributed by atoms with Gasteiger partial charge in [0.2, 0.25) is 0 Å². The van der Waals surface area contributed by atoms with Crippen LogP contribution in [0.3, 0.4) is 0 Å². The minimum absolute atomic E-state index is 0.0245. The third-order valence-corrected chi connectivity index (χ3v) is 4.42. The van der Waals surface area contributed by atoms with Crippen molar-refractivity contribution in [2.75, 3.05) is 13.1 Å². The fraction of sp³-hybridized carbons (Fsp3) is 0.333. The van der Waals surface area contributed by atoms with Crippen molar-refractivity contribution in [3.05, 3.63) is 59.2 Å². The zero-order valence-electron chi connectivity index (χ0n) is 13.5. The molecule has 126 valence electrons. The molecule has 2 heterocycles. The smallest absolute Gasteiger partial charge is 0.256 e. The zero-order valence-corrected chi connectivity index (χ0v) is 13.5. The van der Waals surface area contributed by atoms with Crippen molar-refractivity contribution in [3.8, 4) is 0 Å².